The second-order valence-corrected chi connectivity index (χ2v) is 11.2. The zero-order valence-corrected chi connectivity index (χ0v) is 23.0. The first-order valence-corrected chi connectivity index (χ1v) is 14.3. The number of fused-ring (bicyclic) bond motifs is 2. The second kappa shape index (κ2) is 11.6. The van der Waals surface area contributed by atoms with Gasteiger partial charge in [0, 0.05) is 13.0 Å². The SMILES string of the molecule is CCOC(=O)C(C)(C)Oc1ccc(CCCc2nc3cc4ccccc4cc3n2CC2CCCCC2)cc1. The molecule has 0 N–H and O–H groups in total. The van der Waals surface area contributed by atoms with Crippen LogP contribution < -0.4 is 4.74 Å². The zero-order chi connectivity index (χ0) is 26.5. The lowest BCUT2D eigenvalue weighted by atomic mass is 9.89. The Kier molecular flexibility index (Phi) is 8.01. The largest absolute Gasteiger partial charge is 0.476 e. The van der Waals surface area contributed by atoms with Gasteiger partial charge in [-0.3, -0.25) is 0 Å². The summed E-state index contributed by atoms with van der Waals surface area (Å²) in [5.74, 6) is 2.27. The molecule has 1 aromatic heterocycles. The average Bonchev–Trinajstić information content (AvgIpc) is 3.24. The molecule has 0 atom stereocenters. The van der Waals surface area contributed by atoms with Gasteiger partial charge < -0.3 is 14.0 Å². The lowest BCUT2D eigenvalue weighted by Crippen LogP contribution is -2.39. The summed E-state index contributed by atoms with van der Waals surface area (Å²) in [6.45, 7) is 6.69. The fourth-order valence-electron chi connectivity index (χ4n) is 5.70. The molecule has 1 heterocycles. The summed E-state index contributed by atoms with van der Waals surface area (Å²) in [4.78, 5) is 17.3. The van der Waals surface area contributed by atoms with Gasteiger partial charge in [-0.15, -0.1) is 0 Å². The molecule has 0 unspecified atom stereocenters. The van der Waals surface area contributed by atoms with E-state index >= 15 is 0 Å². The van der Waals surface area contributed by atoms with Crippen molar-refractivity contribution in [3.63, 3.8) is 0 Å². The third-order valence-corrected chi connectivity index (χ3v) is 7.79. The van der Waals surface area contributed by atoms with Gasteiger partial charge in [0.2, 0.25) is 0 Å². The average molecular weight is 513 g/mol. The molecule has 1 fully saturated rings. The third kappa shape index (κ3) is 6.03. The highest BCUT2D eigenvalue weighted by molar-refractivity contribution is 5.95. The zero-order valence-electron chi connectivity index (χ0n) is 23.0. The molecule has 0 bridgehead atoms. The van der Waals surface area contributed by atoms with E-state index in [1.165, 1.54) is 59.8 Å². The lowest BCUT2D eigenvalue weighted by Gasteiger charge is -2.24. The Hall–Kier alpha value is -3.34. The normalized spacial score (nSPS) is 14.7. The quantitative estimate of drug-likeness (QED) is 0.205. The molecule has 0 amide bonds. The Morgan fingerprint density at radius 1 is 0.974 bits per heavy atom. The molecular formula is C33H40N2O3. The minimum atomic E-state index is -1.01. The predicted octanol–water partition coefficient (Wildman–Crippen LogP) is 7.67. The number of nitrogens with zero attached hydrogens (tertiary/aromatic N) is 2. The topological polar surface area (TPSA) is 53.4 Å². The smallest absolute Gasteiger partial charge is 0.349 e. The van der Waals surface area contributed by atoms with Crippen molar-refractivity contribution in [2.75, 3.05) is 6.61 Å². The standard InChI is InChI=1S/C33H40N2O3/c1-4-37-32(36)33(2,3)38-28-19-17-24(18-20-28)13-10-16-31-34-29-21-26-14-8-9-15-27(26)22-30(29)35(31)23-25-11-6-5-7-12-25/h8-9,14-15,17-22,25H,4-7,10-13,16,23H2,1-3H3. The molecular weight excluding hydrogens is 472 g/mol. The predicted molar refractivity (Wildman–Crippen MR) is 154 cm³/mol. The van der Waals surface area contributed by atoms with E-state index < -0.39 is 5.60 Å². The Morgan fingerprint density at radius 2 is 1.68 bits per heavy atom. The number of hydrogen-bond donors (Lipinski definition) is 0. The summed E-state index contributed by atoms with van der Waals surface area (Å²) in [5.41, 5.74) is 2.63. The molecule has 0 radical (unpaired) electrons. The van der Waals surface area contributed by atoms with Crippen molar-refractivity contribution >= 4 is 27.8 Å². The van der Waals surface area contributed by atoms with Crippen LogP contribution in [0.5, 0.6) is 5.75 Å². The molecule has 200 valence electrons. The van der Waals surface area contributed by atoms with Gasteiger partial charge in [-0.25, -0.2) is 9.78 Å². The van der Waals surface area contributed by atoms with Crippen LogP contribution in [0.4, 0.5) is 0 Å². The minimum Gasteiger partial charge on any atom is -0.476 e. The van der Waals surface area contributed by atoms with Crippen LogP contribution in [0.1, 0.15) is 70.7 Å². The van der Waals surface area contributed by atoms with Crippen molar-refractivity contribution in [1.82, 2.24) is 9.55 Å². The Labute approximate surface area is 226 Å². The first-order chi connectivity index (χ1) is 18.4. The molecule has 1 aliphatic carbocycles. The summed E-state index contributed by atoms with van der Waals surface area (Å²) in [6, 6.07) is 21.3. The van der Waals surface area contributed by atoms with E-state index in [4.69, 9.17) is 14.5 Å². The Balaban J connectivity index is 1.29. The molecule has 5 nitrogen and oxygen atoms in total. The van der Waals surface area contributed by atoms with Crippen molar-refractivity contribution < 1.29 is 14.3 Å². The maximum atomic E-state index is 12.1. The fraction of sp³-hybridized carbons (Fsp3) is 0.455. The first kappa shape index (κ1) is 26.3. The van der Waals surface area contributed by atoms with Gasteiger partial charge in [0.25, 0.3) is 0 Å². The molecule has 5 heteroatoms. The number of ether oxygens (including phenoxy) is 2. The number of benzene rings is 3. The molecule has 38 heavy (non-hydrogen) atoms. The van der Waals surface area contributed by atoms with Crippen LogP contribution in [0.3, 0.4) is 0 Å². The van der Waals surface area contributed by atoms with Crippen LogP contribution in [0.15, 0.2) is 60.7 Å². The van der Waals surface area contributed by atoms with Gasteiger partial charge in [-0.05, 0) is 93.0 Å². The molecule has 0 saturated heterocycles. The second-order valence-electron chi connectivity index (χ2n) is 11.2. The highest BCUT2D eigenvalue weighted by Crippen LogP contribution is 2.30. The summed E-state index contributed by atoms with van der Waals surface area (Å²) in [6.07, 6.45) is 9.69. The highest BCUT2D eigenvalue weighted by atomic mass is 16.6. The van der Waals surface area contributed by atoms with Crippen LogP contribution in [0, 0.1) is 5.92 Å². The van der Waals surface area contributed by atoms with Gasteiger partial charge in [0.15, 0.2) is 5.60 Å². The molecule has 1 saturated carbocycles. The van der Waals surface area contributed by atoms with Crippen molar-refractivity contribution in [2.24, 2.45) is 5.92 Å². The van der Waals surface area contributed by atoms with Gasteiger partial charge >= 0.3 is 5.97 Å². The number of rotatable bonds is 10. The Morgan fingerprint density at radius 3 is 2.39 bits per heavy atom. The van der Waals surface area contributed by atoms with E-state index in [0.717, 1.165) is 37.2 Å². The van der Waals surface area contributed by atoms with Crippen molar-refractivity contribution in [3.8, 4) is 5.75 Å². The van der Waals surface area contributed by atoms with E-state index in [2.05, 4.69) is 53.1 Å². The number of imidazole rings is 1. The fourth-order valence-corrected chi connectivity index (χ4v) is 5.70. The number of aryl methyl sites for hydroxylation is 2. The van der Waals surface area contributed by atoms with Gasteiger partial charge in [0.05, 0.1) is 17.6 Å². The summed E-state index contributed by atoms with van der Waals surface area (Å²) >= 11 is 0. The van der Waals surface area contributed by atoms with Crippen LogP contribution in [-0.4, -0.2) is 27.7 Å². The van der Waals surface area contributed by atoms with Gasteiger partial charge in [-0.1, -0.05) is 55.7 Å². The van der Waals surface area contributed by atoms with Crippen molar-refractivity contribution in [3.05, 3.63) is 72.1 Å². The van der Waals surface area contributed by atoms with E-state index in [-0.39, 0.29) is 5.97 Å². The van der Waals surface area contributed by atoms with E-state index in [1.54, 1.807) is 20.8 Å². The highest BCUT2D eigenvalue weighted by Gasteiger charge is 2.31. The molecule has 1 aliphatic rings. The third-order valence-electron chi connectivity index (χ3n) is 7.79. The number of carbonyl (C=O) groups excluding carboxylic acids is 1. The van der Waals surface area contributed by atoms with Crippen molar-refractivity contribution in [2.45, 2.75) is 84.3 Å². The van der Waals surface area contributed by atoms with Gasteiger partial charge in [0.1, 0.15) is 11.6 Å². The van der Waals surface area contributed by atoms with E-state index in [0.29, 0.717) is 12.4 Å². The lowest BCUT2D eigenvalue weighted by molar-refractivity contribution is -0.158. The molecule has 3 aromatic carbocycles. The maximum absolute atomic E-state index is 12.1. The monoisotopic (exact) mass is 512 g/mol. The number of hydrogen-bond acceptors (Lipinski definition) is 4. The number of carbonyl (C=O) groups is 1. The van der Waals surface area contributed by atoms with Crippen molar-refractivity contribution in [1.29, 1.82) is 0 Å². The summed E-state index contributed by atoms with van der Waals surface area (Å²) in [5, 5.41) is 2.53. The number of esters is 1. The molecule has 0 spiro atoms. The number of aromatic nitrogens is 2. The molecule has 4 aromatic rings. The first-order valence-electron chi connectivity index (χ1n) is 14.3. The van der Waals surface area contributed by atoms with E-state index in [9.17, 15) is 4.79 Å². The van der Waals surface area contributed by atoms with Crippen LogP contribution in [0.25, 0.3) is 21.8 Å². The van der Waals surface area contributed by atoms with Crippen LogP contribution in [0.2, 0.25) is 0 Å². The molecule has 0 aliphatic heterocycles. The maximum Gasteiger partial charge on any atom is 0.349 e. The van der Waals surface area contributed by atoms with E-state index in [1.807, 2.05) is 12.1 Å². The van der Waals surface area contributed by atoms with Crippen LogP contribution >= 0.6 is 0 Å². The van der Waals surface area contributed by atoms with Gasteiger partial charge in [-0.2, -0.15) is 0 Å². The van der Waals surface area contributed by atoms with Crippen LogP contribution in [-0.2, 0) is 28.9 Å². The Bertz CT molecular complexity index is 1380. The summed E-state index contributed by atoms with van der Waals surface area (Å²) < 4.78 is 13.6. The minimum absolute atomic E-state index is 0.343. The summed E-state index contributed by atoms with van der Waals surface area (Å²) in [7, 11) is 0. The molecule has 5 rings (SSSR count).